The minimum atomic E-state index is -0.999. The number of amides is 1. The first-order valence-electron chi connectivity index (χ1n) is 7.93. The van der Waals surface area contributed by atoms with Gasteiger partial charge in [-0.3, -0.25) is 4.79 Å². The molecule has 3 rings (SSSR count). The highest BCUT2D eigenvalue weighted by Gasteiger charge is 2.20. The fourth-order valence-electron chi connectivity index (χ4n) is 2.44. The Morgan fingerprint density at radius 3 is 2.62 bits per heavy atom. The Morgan fingerprint density at radius 2 is 1.92 bits per heavy atom. The van der Waals surface area contributed by atoms with Crippen LogP contribution in [0.1, 0.15) is 23.2 Å². The Kier molecular flexibility index (Phi) is 5.24. The molecule has 0 spiro atoms. The molecule has 3 aromatic rings. The van der Waals surface area contributed by atoms with E-state index in [1.807, 2.05) is 20.8 Å². The molecule has 1 aromatic carbocycles. The van der Waals surface area contributed by atoms with Crippen LogP contribution in [0.25, 0.3) is 10.2 Å². The molecule has 1 N–H and O–H groups in total. The lowest BCUT2D eigenvalue weighted by Crippen LogP contribution is -2.22. The van der Waals surface area contributed by atoms with Gasteiger partial charge in [0.1, 0.15) is 15.7 Å². The van der Waals surface area contributed by atoms with Crippen LogP contribution >= 0.6 is 23.1 Å². The van der Waals surface area contributed by atoms with Gasteiger partial charge in [-0.2, -0.15) is 0 Å². The van der Waals surface area contributed by atoms with Crippen LogP contribution in [0.2, 0.25) is 0 Å². The molecular weight excluding hydrogens is 376 g/mol. The first-order chi connectivity index (χ1) is 12.3. The van der Waals surface area contributed by atoms with Crippen molar-refractivity contribution in [1.82, 2.24) is 9.97 Å². The van der Waals surface area contributed by atoms with Crippen LogP contribution in [0.3, 0.4) is 0 Å². The van der Waals surface area contributed by atoms with Crippen molar-refractivity contribution in [1.29, 1.82) is 0 Å². The molecule has 8 heteroatoms. The highest BCUT2D eigenvalue weighted by atomic mass is 32.2. The van der Waals surface area contributed by atoms with Crippen LogP contribution in [-0.4, -0.2) is 21.1 Å². The Labute approximate surface area is 158 Å². The number of fused-ring (bicyclic) bond motifs is 1. The number of nitrogens with one attached hydrogen (secondary N) is 1. The average molecular weight is 393 g/mol. The smallest absolute Gasteiger partial charge is 0.237 e. The SMILES string of the molecule is Cc1nc(S[C@H](C)C(=O)Nc2ccc(F)c(F)c2)c2c(C)c(C)sc2n1. The van der Waals surface area contributed by atoms with Gasteiger partial charge in [0.15, 0.2) is 11.6 Å². The molecule has 1 amide bonds. The molecule has 2 heterocycles. The minimum Gasteiger partial charge on any atom is -0.325 e. The van der Waals surface area contributed by atoms with E-state index >= 15 is 0 Å². The maximum absolute atomic E-state index is 13.3. The van der Waals surface area contributed by atoms with Crippen molar-refractivity contribution >= 4 is 44.9 Å². The topological polar surface area (TPSA) is 54.9 Å². The Balaban J connectivity index is 1.83. The zero-order chi connectivity index (χ0) is 19.0. The number of hydrogen-bond donors (Lipinski definition) is 1. The van der Waals surface area contributed by atoms with E-state index in [1.54, 1.807) is 18.3 Å². The van der Waals surface area contributed by atoms with Gasteiger partial charge in [-0.25, -0.2) is 18.7 Å². The van der Waals surface area contributed by atoms with Crippen molar-refractivity contribution < 1.29 is 13.6 Å². The standard InChI is InChI=1S/C18H17F2N3OS2/c1-8-9(2)25-17-15(8)18(22-11(4)21-17)26-10(3)16(24)23-12-5-6-13(19)14(20)7-12/h5-7,10H,1-4H3,(H,23,24)/t10-/m1/s1. The summed E-state index contributed by atoms with van der Waals surface area (Å²) in [5.41, 5.74) is 1.33. The third-order valence-corrected chi connectivity index (χ3v) is 6.14. The molecule has 0 saturated heterocycles. The van der Waals surface area contributed by atoms with E-state index < -0.39 is 16.9 Å². The van der Waals surface area contributed by atoms with Gasteiger partial charge in [-0.15, -0.1) is 11.3 Å². The second-order valence-electron chi connectivity index (χ2n) is 5.92. The van der Waals surface area contributed by atoms with E-state index in [9.17, 15) is 13.6 Å². The molecule has 0 fully saturated rings. The summed E-state index contributed by atoms with van der Waals surface area (Å²) in [6.45, 7) is 7.62. The van der Waals surface area contributed by atoms with Crippen LogP contribution in [-0.2, 0) is 4.79 Å². The van der Waals surface area contributed by atoms with Crippen molar-refractivity contribution in [2.45, 2.75) is 38.0 Å². The lowest BCUT2D eigenvalue weighted by atomic mass is 10.2. The lowest BCUT2D eigenvalue weighted by molar-refractivity contribution is -0.115. The summed E-state index contributed by atoms with van der Waals surface area (Å²) in [5.74, 6) is -1.61. The van der Waals surface area contributed by atoms with Gasteiger partial charge < -0.3 is 5.32 Å². The monoisotopic (exact) mass is 393 g/mol. The van der Waals surface area contributed by atoms with E-state index in [-0.39, 0.29) is 11.6 Å². The maximum Gasteiger partial charge on any atom is 0.237 e. The molecule has 2 aromatic heterocycles. The Hall–Kier alpha value is -2.06. The number of thioether (sulfide) groups is 1. The van der Waals surface area contributed by atoms with Crippen molar-refractivity contribution in [3.05, 3.63) is 46.1 Å². The van der Waals surface area contributed by atoms with E-state index in [4.69, 9.17) is 0 Å². The number of carbonyl (C=O) groups excluding carboxylic acids is 1. The predicted molar refractivity (Wildman–Crippen MR) is 102 cm³/mol. The molecule has 1 atom stereocenters. The van der Waals surface area contributed by atoms with E-state index in [2.05, 4.69) is 15.3 Å². The average Bonchev–Trinajstić information content (AvgIpc) is 2.85. The number of aryl methyl sites for hydroxylation is 3. The van der Waals surface area contributed by atoms with Crippen LogP contribution in [0.4, 0.5) is 14.5 Å². The molecule has 4 nitrogen and oxygen atoms in total. The van der Waals surface area contributed by atoms with Gasteiger partial charge in [0.2, 0.25) is 5.91 Å². The van der Waals surface area contributed by atoms with Gasteiger partial charge >= 0.3 is 0 Å². The number of aromatic nitrogens is 2. The normalized spacial score (nSPS) is 12.4. The quantitative estimate of drug-likeness (QED) is 0.500. The Bertz CT molecular complexity index is 1000. The number of benzene rings is 1. The molecule has 0 saturated carbocycles. The summed E-state index contributed by atoms with van der Waals surface area (Å²) < 4.78 is 26.3. The summed E-state index contributed by atoms with van der Waals surface area (Å²) in [4.78, 5) is 23.5. The summed E-state index contributed by atoms with van der Waals surface area (Å²) in [6, 6.07) is 3.27. The molecule has 0 aliphatic carbocycles. The summed E-state index contributed by atoms with van der Waals surface area (Å²) in [7, 11) is 0. The third-order valence-electron chi connectivity index (χ3n) is 3.95. The van der Waals surface area contributed by atoms with Gasteiger partial charge in [0.25, 0.3) is 0 Å². The van der Waals surface area contributed by atoms with Crippen LogP contribution in [0.15, 0.2) is 23.2 Å². The molecule has 0 unspecified atom stereocenters. The largest absolute Gasteiger partial charge is 0.325 e. The zero-order valence-corrected chi connectivity index (χ0v) is 16.3. The van der Waals surface area contributed by atoms with Crippen molar-refractivity contribution in [2.24, 2.45) is 0 Å². The first kappa shape index (κ1) is 18.7. The molecular formula is C18H17F2N3OS2. The molecule has 0 bridgehead atoms. The van der Waals surface area contributed by atoms with Crippen LogP contribution in [0.5, 0.6) is 0 Å². The highest BCUT2D eigenvalue weighted by molar-refractivity contribution is 8.00. The second-order valence-corrected chi connectivity index (χ2v) is 8.45. The number of thiophene rings is 1. The summed E-state index contributed by atoms with van der Waals surface area (Å²) in [5, 5.41) is 3.85. The number of carbonyl (C=O) groups is 1. The van der Waals surface area contributed by atoms with E-state index in [0.717, 1.165) is 32.9 Å². The van der Waals surface area contributed by atoms with Crippen LogP contribution in [0, 0.1) is 32.4 Å². The first-order valence-corrected chi connectivity index (χ1v) is 9.62. The van der Waals surface area contributed by atoms with Gasteiger partial charge in [0, 0.05) is 22.0 Å². The summed E-state index contributed by atoms with van der Waals surface area (Å²) in [6.07, 6.45) is 0. The molecule has 0 radical (unpaired) electrons. The molecule has 136 valence electrons. The second kappa shape index (κ2) is 7.28. The van der Waals surface area contributed by atoms with Crippen molar-refractivity contribution in [3.8, 4) is 0 Å². The number of hydrogen-bond acceptors (Lipinski definition) is 5. The van der Waals surface area contributed by atoms with E-state index in [0.29, 0.717) is 5.82 Å². The molecule has 0 aliphatic rings. The zero-order valence-electron chi connectivity index (χ0n) is 14.7. The Morgan fingerprint density at radius 1 is 1.19 bits per heavy atom. The van der Waals surface area contributed by atoms with Gasteiger partial charge in [0.05, 0.1) is 5.25 Å². The van der Waals surface area contributed by atoms with E-state index in [1.165, 1.54) is 22.7 Å². The lowest BCUT2D eigenvalue weighted by Gasteiger charge is -2.13. The third kappa shape index (κ3) is 3.71. The van der Waals surface area contributed by atoms with Crippen LogP contribution < -0.4 is 5.32 Å². The number of nitrogens with zero attached hydrogens (tertiary/aromatic N) is 2. The predicted octanol–water partition coefficient (Wildman–Crippen LogP) is 5.01. The summed E-state index contributed by atoms with van der Waals surface area (Å²) >= 11 is 2.93. The fraction of sp³-hybridized carbons (Fsp3) is 0.278. The number of anilines is 1. The molecule has 26 heavy (non-hydrogen) atoms. The van der Waals surface area contributed by atoms with Crippen molar-refractivity contribution in [3.63, 3.8) is 0 Å². The number of halogens is 2. The number of rotatable bonds is 4. The fourth-order valence-corrected chi connectivity index (χ4v) is 4.63. The minimum absolute atomic E-state index is 0.216. The van der Waals surface area contributed by atoms with Crippen molar-refractivity contribution in [2.75, 3.05) is 5.32 Å². The van der Waals surface area contributed by atoms with Gasteiger partial charge in [-0.1, -0.05) is 11.8 Å². The van der Waals surface area contributed by atoms with Gasteiger partial charge in [-0.05, 0) is 45.4 Å². The molecule has 0 aliphatic heterocycles. The highest BCUT2D eigenvalue weighted by Crippen LogP contribution is 2.36. The maximum atomic E-state index is 13.3.